The molecule has 1 amide bonds. The number of nitrogens with zero attached hydrogens (tertiary/aromatic N) is 1. The fourth-order valence-corrected chi connectivity index (χ4v) is 2.62. The van der Waals surface area contributed by atoms with E-state index < -0.39 is 29.6 Å². The monoisotopic (exact) mass is 297 g/mol. The van der Waals surface area contributed by atoms with Crippen molar-refractivity contribution in [2.45, 2.75) is 32.2 Å². The van der Waals surface area contributed by atoms with Crippen LogP contribution in [0, 0.1) is 17.6 Å². The fourth-order valence-electron chi connectivity index (χ4n) is 2.62. The minimum atomic E-state index is -1.06. The Labute approximate surface area is 121 Å². The van der Waals surface area contributed by atoms with Crippen LogP contribution in [0.15, 0.2) is 18.2 Å². The van der Waals surface area contributed by atoms with E-state index >= 15 is 0 Å². The van der Waals surface area contributed by atoms with Gasteiger partial charge < -0.3 is 10.0 Å². The number of halogens is 2. The van der Waals surface area contributed by atoms with Gasteiger partial charge in [-0.1, -0.05) is 19.1 Å². The van der Waals surface area contributed by atoms with E-state index in [1.54, 1.807) is 0 Å². The summed E-state index contributed by atoms with van der Waals surface area (Å²) >= 11 is 0. The molecule has 1 aromatic rings. The smallest absolute Gasteiger partial charge is 0.326 e. The first-order valence-electron chi connectivity index (χ1n) is 6.85. The first-order valence-corrected chi connectivity index (χ1v) is 6.85. The molecule has 0 saturated carbocycles. The Morgan fingerprint density at radius 1 is 1.38 bits per heavy atom. The quantitative estimate of drug-likeness (QED) is 0.930. The zero-order valence-electron chi connectivity index (χ0n) is 11.7. The number of rotatable bonds is 3. The highest BCUT2D eigenvalue weighted by molar-refractivity contribution is 5.85. The van der Waals surface area contributed by atoms with Gasteiger partial charge in [-0.05, 0) is 24.8 Å². The standard InChI is InChI=1S/C15H17F2NO3/c1-9-5-6-18(12(7-9)15(20)21)13(19)8-10-3-2-4-11(16)14(10)17/h2-4,9,12H,5-8H2,1H3,(H,20,21). The Morgan fingerprint density at radius 3 is 2.76 bits per heavy atom. The number of aliphatic carboxylic acids is 1. The van der Waals surface area contributed by atoms with Crippen LogP contribution in [0.5, 0.6) is 0 Å². The summed E-state index contributed by atoms with van der Waals surface area (Å²) in [6.45, 7) is 2.26. The van der Waals surface area contributed by atoms with Gasteiger partial charge in [-0.25, -0.2) is 13.6 Å². The van der Waals surface area contributed by atoms with Crippen molar-refractivity contribution >= 4 is 11.9 Å². The second kappa shape index (κ2) is 6.20. The summed E-state index contributed by atoms with van der Waals surface area (Å²) in [5.74, 6) is -3.39. The molecule has 4 nitrogen and oxygen atoms in total. The Morgan fingerprint density at radius 2 is 2.10 bits per heavy atom. The molecule has 114 valence electrons. The normalized spacial score (nSPS) is 22.1. The molecule has 2 unspecified atom stereocenters. The van der Waals surface area contributed by atoms with Crippen molar-refractivity contribution in [3.05, 3.63) is 35.4 Å². The Balaban J connectivity index is 2.15. The number of carbonyl (C=O) groups is 2. The van der Waals surface area contributed by atoms with Crippen LogP contribution in [-0.2, 0) is 16.0 Å². The van der Waals surface area contributed by atoms with E-state index in [4.69, 9.17) is 0 Å². The molecule has 2 atom stereocenters. The molecule has 0 aliphatic carbocycles. The summed E-state index contributed by atoms with van der Waals surface area (Å²) in [6.07, 6.45) is 0.760. The third-order valence-electron chi connectivity index (χ3n) is 3.84. The first kappa shape index (κ1) is 15.4. The summed E-state index contributed by atoms with van der Waals surface area (Å²) < 4.78 is 26.7. The van der Waals surface area contributed by atoms with Gasteiger partial charge in [-0.2, -0.15) is 0 Å². The molecule has 0 spiro atoms. The van der Waals surface area contributed by atoms with E-state index in [9.17, 15) is 23.5 Å². The minimum Gasteiger partial charge on any atom is -0.480 e. The van der Waals surface area contributed by atoms with Crippen molar-refractivity contribution in [1.82, 2.24) is 4.90 Å². The lowest BCUT2D eigenvalue weighted by molar-refractivity contribution is -0.152. The van der Waals surface area contributed by atoms with E-state index in [1.165, 1.54) is 17.0 Å². The van der Waals surface area contributed by atoms with Crippen molar-refractivity contribution in [3.8, 4) is 0 Å². The van der Waals surface area contributed by atoms with Crippen LogP contribution in [0.3, 0.4) is 0 Å². The Kier molecular flexibility index (Phi) is 4.55. The molecule has 6 heteroatoms. The van der Waals surface area contributed by atoms with Crippen molar-refractivity contribution in [1.29, 1.82) is 0 Å². The van der Waals surface area contributed by atoms with Crippen LogP contribution in [0.4, 0.5) is 8.78 Å². The number of carboxylic acids is 1. The molecular weight excluding hydrogens is 280 g/mol. The van der Waals surface area contributed by atoms with Crippen LogP contribution in [0.2, 0.25) is 0 Å². The number of likely N-dealkylation sites (tertiary alicyclic amines) is 1. The average molecular weight is 297 g/mol. The molecule has 1 heterocycles. The number of hydrogen-bond acceptors (Lipinski definition) is 2. The topological polar surface area (TPSA) is 57.6 Å². The molecular formula is C15H17F2NO3. The average Bonchev–Trinajstić information content (AvgIpc) is 2.43. The maximum Gasteiger partial charge on any atom is 0.326 e. The van der Waals surface area contributed by atoms with Gasteiger partial charge in [0.2, 0.25) is 5.91 Å². The Hall–Kier alpha value is -1.98. The molecule has 1 saturated heterocycles. The van der Waals surface area contributed by atoms with Crippen molar-refractivity contribution < 1.29 is 23.5 Å². The summed E-state index contributed by atoms with van der Waals surface area (Å²) in [5.41, 5.74) is -0.0530. The van der Waals surface area contributed by atoms with Crippen LogP contribution in [0.1, 0.15) is 25.3 Å². The summed E-state index contributed by atoms with van der Waals surface area (Å²) in [5, 5.41) is 9.21. The summed E-state index contributed by atoms with van der Waals surface area (Å²) in [7, 11) is 0. The third kappa shape index (κ3) is 3.37. The number of carboxylic acid groups (broad SMARTS) is 1. The van der Waals surface area contributed by atoms with E-state index in [1.807, 2.05) is 6.92 Å². The zero-order valence-corrected chi connectivity index (χ0v) is 11.7. The maximum absolute atomic E-state index is 13.6. The number of amides is 1. The predicted octanol–water partition coefficient (Wildman–Crippen LogP) is 2.22. The van der Waals surface area contributed by atoms with E-state index in [0.29, 0.717) is 19.4 Å². The summed E-state index contributed by atoms with van der Waals surface area (Å²) in [6, 6.07) is 2.75. The van der Waals surface area contributed by atoms with Crippen LogP contribution < -0.4 is 0 Å². The second-order valence-corrected chi connectivity index (χ2v) is 5.46. The Bertz CT molecular complexity index is 562. The molecule has 1 N–H and O–H groups in total. The van der Waals surface area contributed by atoms with Gasteiger partial charge in [0.15, 0.2) is 11.6 Å². The van der Waals surface area contributed by atoms with Gasteiger partial charge in [-0.3, -0.25) is 4.79 Å². The molecule has 21 heavy (non-hydrogen) atoms. The van der Waals surface area contributed by atoms with E-state index in [-0.39, 0.29) is 17.9 Å². The SMILES string of the molecule is CC1CCN(C(=O)Cc2cccc(F)c2F)C(C(=O)O)C1. The number of benzene rings is 1. The second-order valence-electron chi connectivity index (χ2n) is 5.46. The highest BCUT2D eigenvalue weighted by Crippen LogP contribution is 2.24. The molecule has 2 rings (SSSR count). The molecule has 0 aromatic heterocycles. The lowest BCUT2D eigenvalue weighted by atomic mass is 9.92. The van der Waals surface area contributed by atoms with Crippen LogP contribution in [0.25, 0.3) is 0 Å². The molecule has 0 radical (unpaired) electrons. The van der Waals surface area contributed by atoms with E-state index in [2.05, 4.69) is 0 Å². The number of hydrogen-bond donors (Lipinski definition) is 1. The summed E-state index contributed by atoms with van der Waals surface area (Å²) in [4.78, 5) is 24.7. The molecule has 1 aliphatic heterocycles. The van der Waals surface area contributed by atoms with Gasteiger partial charge in [0.05, 0.1) is 6.42 Å². The first-order chi connectivity index (χ1) is 9.90. The largest absolute Gasteiger partial charge is 0.480 e. The number of piperidine rings is 1. The lowest BCUT2D eigenvalue weighted by Crippen LogP contribution is -2.50. The van der Waals surface area contributed by atoms with Gasteiger partial charge in [-0.15, -0.1) is 0 Å². The third-order valence-corrected chi connectivity index (χ3v) is 3.84. The highest BCUT2D eigenvalue weighted by atomic mass is 19.2. The van der Waals surface area contributed by atoms with Crippen LogP contribution in [-0.4, -0.2) is 34.5 Å². The zero-order chi connectivity index (χ0) is 15.6. The minimum absolute atomic E-state index is 0.0530. The van der Waals surface area contributed by atoms with Gasteiger partial charge in [0.25, 0.3) is 0 Å². The van der Waals surface area contributed by atoms with Crippen molar-refractivity contribution in [3.63, 3.8) is 0 Å². The van der Waals surface area contributed by atoms with Crippen molar-refractivity contribution in [2.24, 2.45) is 5.92 Å². The van der Waals surface area contributed by atoms with Crippen molar-refractivity contribution in [2.75, 3.05) is 6.54 Å². The van der Waals surface area contributed by atoms with Gasteiger partial charge in [0.1, 0.15) is 6.04 Å². The van der Waals surface area contributed by atoms with E-state index in [0.717, 1.165) is 6.07 Å². The molecule has 1 aromatic carbocycles. The molecule has 0 bridgehead atoms. The highest BCUT2D eigenvalue weighted by Gasteiger charge is 2.34. The maximum atomic E-state index is 13.6. The number of carbonyl (C=O) groups excluding carboxylic acids is 1. The van der Waals surface area contributed by atoms with Gasteiger partial charge in [0, 0.05) is 12.1 Å². The fraction of sp³-hybridized carbons (Fsp3) is 0.467. The molecule has 1 fully saturated rings. The predicted molar refractivity (Wildman–Crippen MR) is 71.6 cm³/mol. The lowest BCUT2D eigenvalue weighted by Gasteiger charge is -2.36. The van der Waals surface area contributed by atoms with Crippen LogP contribution >= 0.6 is 0 Å². The molecule has 1 aliphatic rings. The van der Waals surface area contributed by atoms with Gasteiger partial charge >= 0.3 is 5.97 Å².